The summed E-state index contributed by atoms with van der Waals surface area (Å²) in [5, 5.41) is 0. The van der Waals surface area contributed by atoms with E-state index in [2.05, 4.69) is 4.98 Å². The van der Waals surface area contributed by atoms with Crippen molar-refractivity contribution in [2.24, 2.45) is 0 Å². The Morgan fingerprint density at radius 2 is 1.71 bits per heavy atom. The molecule has 0 bridgehead atoms. The monoisotopic (exact) mass is 582 g/mol. The Hall–Kier alpha value is -3.53. The number of hydrogen-bond acceptors (Lipinski definition) is 6. The molecular weight excluding hydrogens is 550 g/mol. The first-order valence-electron chi connectivity index (χ1n) is 13.9. The third-order valence-corrected chi connectivity index (χ3v) is 9.85. The summed E-state index contributed by atoms with van der Waals surface area (Å²) in [6.45, 7) is 3.11. The summed E-state index contributed by atoms with van der Waals surface area (Å²) >= 11 is 0. The first-order valence-corrected chi connectivity index (χ1v) is 15.7. The second-order valence-corrected chi connectivity index (χ2v) is 13.7. The maximum absolute atomic E-state index is 15.0. The van der Waals surface area contributed by atoms with Crippen molar-refractivity contribution in [1.29, 1.82) is 0 Å². The van der Waals surface area contributed by atoms with Crippen molar-refractivity contribution in [3.63, 3.8) is 0 Å². The number of sulfone groups is 1. The van der Waals surface area contributed by atoms with Crippen LogP contribution < -0.4 is 4.74 Å². The number of piperidine rings is 1. The van der Waals surface area contributed by atoms with E-state index >= 15 is 8.78 Å². The van der Waals surface area contributed by atoms with E-state index in [9.17, 15) is 13.2 Å². The zero-order chi connectivity index (χ0) is 28.8. The fraction of sp³-hybridized carbons (Fsp3) is 0.419. The zero-order valence-electron chi connectivity index (χ0n) is 22.9. The van der Waals surface area contributed by atoms with Gasteiger partial charge in [0.2, 0.25) is 0 Å². The average Bonchev–Trinajstić information content (AvgIpc) is 3.67. The highest BCUT2D eigenvalue weighted by atomic mass is 32.2. The fourth-order valence-corrected chi connectivity index (χ4v) is 7.03. The van der Waals surface area contributed by atoms with Crippen LogP contribution in [0.15, 0.2) is 54.7 Å². The van der Waals surface area contributed by atoms with Gasteiger partial charge in [-0.1, -0.05) is 12.1 Å². The van der Waals surface area contributed by atoms with Gasteiger partial charge in [-0.3, -0.25) is 4.98 Å². The number of nitrogens with zero attached hydrogens (tertiary/aromatic N) is 2. The van der Waals surface area contributed by atoms with Gasteiger partial charge >= 0.3 is 6.09 Å². The van der Waals surface area contributed by atoms with Crippen LogP contribution in [0.1, 0.15) is 55.8 Å². The largest absolute Gasteiger partial charge is 0.487 e. The molecule has 1 saturated heterocycles. The molecule has 41 heavy (non-hydrogen) atoms. The van der Waals surface area contributed by atoms with Crippen LogP contribution in [0.25, 0.3) is 11.1 Å². The average molecular weight is 583 g/mol. The lowest BCUT2D eigenvalue weighted by Crippen LogP contribution is -2.51. The van der Waals surface area contributed by atoms with Crippen LogP contribution in [0.3, 0.4) is 0 Å². The lowest BCUT2D eigenvalue weighted by atomic mass is 9.82. The number of aromatic nitrogens is 1. The second-order valence-electron chi connectivity index (χ2n) is 11.7. The van der Waals surface area contributed by atoms with Crippen LogP contribution in [0.5, 0.6) is 5.75 Å². The quantitative estimate of drug-likeness (QED) is 0.355. The van der Waals surface area contributed by atoms with E-state index in [0.29, 0.717) is 42.8 Å². The number of pyridine rings is 1. The van der Waals surface area contributed by atoms with Crippen LogP contribution in [0.4, 0.5) is 13.6 Å². The maximum Gasteiger partial charge on any atom is 0.410 e. The Labute approximate surface area is 238 Å². The van der Waals surface area contributed by atoms with Crippen molar-refractivity contribution in [2.75, 3.05) is 13.1 Å². The Bertz CT molecular complexity index is 1560. The van der Waals surface area contributed by atoms with Crippen LogP contribution in [0.2, 0.25) is 0 Å². The third kappa shape index (κ3) is 6.07. The Morgan fingerprint density at radius 3 is 2.37 bits per heavy atom. The van der Waals surface area contributed by atoms with Crippen molar-refractivity contribution < 1.29 is 31.5 Å². The first-order chi connectivity index (χ1) is 19.5. The lowest BCUT2D eigenvalue weighted by Gasteiger charge is -2.44. The SMILES string of the molecule is CC1(OC(=O)N2CCC3(CCc4cc(-c5cc(F)c(CS(=O)(=O)Cc6ccccn6)c(F)c5)ccc4O3)CC2)CC1. The lowest BCUT2D eigenvalue weighted by molar-refractivity contribution is -0.0201. The van der Waals surface area contributed by atoms with Crippen LogP contribution in [0, 0.1) is 11.6 Å². The molecule has 2 aromatic carbocycles. The summed E-state index contributed by atoms with van der Waals surface area (Å²) in [6, 6.07) is 12.7. The second kappa shape index (κ2) is 10.4. The molecule has 3 aliphatic rings. The standard InChI is InChI=1S/C31H32F2N2O5S/c1-30(9-10-30)40-29(36)35-14-11-31(12-15-35)8-7-22-16-21(5-6-28(22)39-31)23-17-26(32)25(27(33)18-23)20-41(37,38)19-24-4-2-3-13-34-24/h2-6,13,16-18H,7-12,14-15,19-20H2,1H3. The van der Waals surface area contributed by atoms with Gasteiger partial charge in [-0.25, -0.2) is 22.0 Å². The van der Waals surface area contributed by atoms with E-state index in [1.165, 1.54) is 18.3 Å². The molecule has 0 atom stereocenters. The van der Waals surface area contributed by atoms with Gasteiger partial charge in [0, 0.05) is 37.7 Å². The van der Waals surface area contributed by atoms with Crippen molar-refractivity contribution in [2.45, 2.75) is 68.2 Å². The van der Waals surface area contributed by atoms with Gasteiger partial charge in [0.25, 0.3) is 0 Å². The zero-order valence-corrected chi connectivity index (χ0v) is 23.7. The summed E-state index contributed by atoms with van der Waals surface area (Å²) in [5.74, 6) is -2.23. The number of benzene rings is 2. The Balaban J connectivity index is 1.13. The highest BCUT2D eigenvalue weighted by Crippen LogP contribution is 2.42. The summed E-state index contributed by atoms with van der Waals surface area (Å²) in [4.78, 5) is 18.2. The minimum absolute atomic E-state index is 0.253. The molecule has 0 N–H and O–H groups in total. The van der Waals surface area contributed by atoms with Crippen molar-refractivity contribution in [1.82, 2.24) is 9.88 Å². The molecule has 0 unspecified atom stereocenters. The van der Waals surface area contributed by atoms with E-state index in [0.717, 1.165) is 37.0 Å². The van der Waals surface area contributed by atoms with Gasteiger partial charge in [-0.05, 0) is 85.7 Å². The number of rotatable bonds is 6. The van der Waals surface area contributed by atoms with E-state index in [1.54, 1.807) is 29.2 Å². The van der Waals surface area contributed by atoms with E-state index in [4.69, 9.17) is 9.47 Å². The summed E-state index contributed by atoms with van der Waals surface area (Å²) in [6.07, 6.45) is 5.98. The van der Waals surface area contributed by atoms with Crippen LogP contribution in [-0.4, -0.2) is 48.7 Å². The molecule has 7 nitrogen and oxygen atoms in total. The molecule has 6 rings (SSSR count). The van der Waals surface area contributed by atoms with Crippen molar-refractivity contribution in [3.05, 3.63) is 83.2 Å². The van der Waals surface area contributed by atoms with Gasteiger partial charge in [-0.15, -0.1) is 0 Å². The number of fused-ring (bicyclic) bond motifs is 1. The van der Waals surface area contributed by atoms with Crippen molar-refractivity contribution in [3.8, 4) is 16.9 Å². The molecular formula is C31H32F2N2O5S. The van der Waals surface area contributed by atoms with Gasteiger partial charge in [-0.2, -0.15) is 0 Å². The number of carbonyl (C=O) groups excluding carboxylic acids is 1. The molecule has 1 aliphatic carbocycles. The molecule has 216 valence electrons. The summed E-state index contributed by atoms with van der Waals surface area (Å²) in [7, 11) is -3.84. The molecule has 2 aliphatic heterocycles. The van der Waals surface area contributed by atoms with E-state index in [1.807, 2.05) is 19.1 Å². The van der Waals surface area contributed by atoms with Gasteiger partial charge < -0.3 is 14.4 Å². The maximum atomic E-state index is 15.0. The highest BCUT2D eigenvalue weighted by molar-refractivity contribution is 7.89. The van der Waals surface area contributed by atoms with Gasteiger partial charge in [0.15, 0.2) is 9.84 Å². The van der Waals surface area contributed by atoms with Gasteiger partial charge in [0.05, 0.1) is 17.2 Å². The topological polar surface area (TPSA) is 85.8 Å². The Kier molecular flexibility index (Phi) is 7.00. The number of ether oxygens (including phenoxy) is 2. The van der Waals surface area contributed by atoms with Crippen LogP contribution in [-0.2, 0) is 32.5 Å². The number of amides is 1. The number of carbonyl (C=O) groups is 1. The number of hydrogen-bond donors (Lipinski definition) is 0. The van der Waals surface area contributed by atoms with E-state index < -0.39 is 38.5 Å². The predicted octanol–water partition coefficient (Wildman–Crippen LogP) is 5.99. The third-order valence-electron chi connectivity index (χ3n) is 8.39. The molecule has 3 heterocycles. The minimum atomic E-state index is -3.84. The number of likely N-dealkylation sites (tertiary alicyclic amines) is 1. The number of aryl methyl sites for hydroxylation is 1. The first kappa shape index (κ1) is 27.6. The highest BCUT2D eigenvalue weighted by Gasteiger charge is 2.45. The van der Waals surface area contributed by atoms with Gasteiger partial charge in [0.1, 0.15) is 28.6 Å². The normalized spacial score (nSPS) is 18.9. The smallest absolute Gasteiger partial charge is 0.410 e. The predicted molar refractivity (Wildman–Crippen MR) is 149 cm³/mol. The molecule has 3 aromatic rings. The number of halogens is 2. The molecule has 0 radical (unpaired) electrons. The molecule has 2 fully saturated rings. The van der Waals surface area contributed by atoms with Crippen LogP contribution >= 0.6 is 0 Å². The Morgan fingerprint density at radius 1 is 0.976 bits per heavy atom. The summed E-state index contributed by atoms with van der Waals surface area (Å²) in [5.41, 5.74) is 1.08. The molecule has 1 aromatic heterocycles. The molecule has 1 amide bonds. The van der Waals surface area contributed by atoms with E-state index in [-0.39, 0.29) is 17.3 Å². The summed E-state index contributed by atoms with van der Waals surface area (Å²) < 4.78 is 67.4. The molecule has 1 saturated carbocycles. The van der Waals surface area contributed by atoms with Crippen molar-refractivity contribution >= 4 is 15.9 Å². The molecule has 10 heteroatoms. The molecule has 1 spiro atoms. The minimum Gasteiger partial charge on any atom is -0.487 e. The fourth-order valence-electron chi connectivity index (χ4n) is 5.59.